The first kappa shape index (κ1) is 14.3. The minimum Gasteiger partial charge on any atom is -0.311 e. The van der Waals surface area contributed by atoms with Crippen LogP contribution in [0.15, 0.2) is 0 Å². The minimum atomic E-state index is 0.622. The van der Waals surface area contributed by atoms with E-state index >= 15 is 0 Å². The monoisotopic (exact) mass is 252 g/mol. The zero-order chi connectivity index (χ0) is 13.3. The van der Waals surface area contributed by atoms with E-state index in [1.807, 2.05) is 0 Å². The summed E-state index contributed by atoms with van der Waals surface area (Å²) < 4.78 is 0. The van der Waals surface area contributed by atoms with Crippen molar-refractivity contribution in [3.63, 3.8) is 0 Å². The minimum absolute atomic E-state index is 0.622. The molecular formula is C16H32N2. The van der Waals surface area contributed by atoms with Crippen LogP contribution in [0, 0.1) is 17.3 Å². The highest BCUT2D eigenvalue weighted by Crippen LogP contribution is 2.52. The first-order valence-electron chi connectivity index (χ1n) is 7.89. The van der Waals surface area contributed by atoms with Crippen LogP contribution in [-0.2, 0) is 0 Å². The summed E-state index contributed by atoms with van der Waals surface area (Å²) >= 11 is 0. The lowest BCUT2D eigenvalue weighted by atomic mass is 9.98. The van der Waals surface area contributed by atoms with Gasteiger partial charge in [-0.3, -0.25) is 4.90 Å². The Morgan fingerprint density at radius 3 is 2.50 bits per heavy atom. The second-order valence-electron chi connectivity index (χ2n) is 7.64. The molecule has 1 N–H and O–H groups in total. The first-order valence-corrected chi connectivity index (χ1v) is 7.89. The Balaban J connectivity index is 1.87. The molecule has 3 unspecified atom stereocenters. The van der Waals surface area contributed by atoms with Gasteiger partial charge in [0.2, 0.25) is 0 Å². The van der Waals surface area contributed by atoms with Crippen LogP contribution in [0.25, 0.3) is 0 Å². The van der Waals surface area contributed by atoms with Gasteiger partial charge < -0.3 is 5.32 Å². The fourth-order valence-corrected chi connectivity index (χ4v) is 3.45. The van der Waals surface area contributed by atoms with Gasteiger partial charge in [0.1, 0.15) is 0 Å². The third kappa shape index (κ3) is 3.48. The smallest absolute Gasteiger partial charge is 0.0218 e. The second-order valence-corrected chi connectivity index (χ2v) is 7.64. The van der Waals surface area contributed by atoms with Gasteiger partial charge in [-0.15, -0.1) is 0 Å². The van der Waals surface area contributed by atoms with E-state index < -0.39 is 0 Å². The highest BCUT2D eigenvalue weighted by Gasteiger charge is 2.47. The molecule has 0 radical (unpaired) electrons. The molecule has 2 heteroatoms. The van der Waals surface area contributed by atoms with Crippen molar-refractivity contribution < 1.29 is 0 Å². The lowest BCUT2D eigenvalue weighted by Crippen LogP contribution is -2.57. The van der Waals surface area contributed by atoms with Gasteiger partial charge in [0.25, 0.3) is 0 Å². The zero-order valence-electron chi connectivity index (χ0n) is 13.0. The second kappa shape index (κ2) is 5.50. The molecule has 0 spiro atoms. The highest BCUT2D eigenvalue weighted by molar-refractivity contribution is 4.98. The van der Waals surface area contributed by atoms with E-state index in [0.29, 0.717) is 5.41 Å². The van der Waals surface area contributed by atoms with Crippen molar-refractivity contribution in [3.8, 4) is 0 Å². The predicted molar refractivity (Wildman–Crippen MR) is 78.8 cm³/mol. The molecular weight excluding hydrogens is 220 g/mol. The van der Waals surface area contributed by atoms with E-state index in [1.165, 1.54) is 38.9 Å². The third-order valence-corrected chi connectivity index (χ3v) is 5.01. The van der Waals surface area contributed by atoms with Crippen molar-refractivity contribution in [2.24, 2.45) is 17.3 Å². The average molecular weight is 252 g/mol. The maximum atomic E-state index is 3.75. The van der Waals surface area contributed by atoms with Crippen LogP contribution in [0.4, 0.5) is 0 Å². The molecule has 2 fully saturated rings. The Labute approximate surface area is 114 Å². The zero-order valence-corrected chi connectivity index (χ0v) is 13.0. The Kier molecular flexibility index (Phi) is 4.38. The normalized spacial score (nSPS) is 36.0. The summed E-state index contributed by atoms with van der Waals surface area (Å²) in [5.74, 6) is 1.75. The molecule has 1 saturated heterocycles. The maximum Gasteiger partial charge on any atom is 0.0218 e. The summed E-state index contributed by atoms with van der Waals surface area (Å²) in [6.07, 6.45) is 4.04. The molecule has 1 aliphatic carbocycles. The van der Waals surface area contributed by atoms with E-state index in [9.17, 15) is 0 Å². The van der Waals surface area contributed by atoms with Gasteiger partial charge in [0.15, 0.2) is 0 Å². The summed E-state index contributed by atoms with van der Waals surface area (Å²) in [5.41, 5.74) is 0.622. The van der Waals surface area contributed by atoms with Crippen molar-refractivity contribution in [2.75, 3.05) is 19.6 Å². The van der Waals surface area contributed by atoms with Crippen molar-refractivity contribution in [1.82, 2.24) is 10.2 Å². The standard InChI is InChI=1S/C16H32N2/c1-6-15-9-17-14(7-12(2)3)11-18(15)10-13-8-16(13,4)5/h12-15,17H,6-11H2,1-5H3. The number of rotatable bonds is 5. The van der Waals surface area contributed by atoms with Crippen LogP contribution in [0.2, 0.25) is 0 Å². The number of nitrogens with one attached hydrogen (secondary N) is 1. The molecule has 2 rings (SSSR count). The van der Waals surface area contributed by atoms with E-state index in [2.05, 4.69) is 44.8 Å². The summed E-state index contributed by atoms with van der Waals surface area (Å²) in [6, 6.07) is 1.49. The molecule has 106 valence electrons. The van der Waals surface area contributed by atoms with Gasteiger partial charge in [0.05, 0.1) is 0 Å². The van der Waals surface area contributed by atoms with Crippen LogP contribution in [-0.4, -0.2) is 36.6 Å². The Morgan fingerprint density at radius 2 is 2.00 bits per heavy atom. The van der Waals surface area contributed by atoms with Crippen molar-refractivity contribution >= 4 is 0 Å². The molecule has 1 aliphatic heterocycles. The number of piperazine rings is 1. The fourth-order valence-electron chi connectivity index (χ4n) is 3.45. The molecule has 2 aliphatic rings. The SMILES string of the molecule is CCC1CNC(CC(C)C)CN1CC1CC1(C)C. The van der Waals surface area contributed by atoms with E-state index in [1.54, 1.807) is 0 Å². The van der Waals surface area contributed by atoms with Gasteiger partial charge >= 0.3 is 0 Å². The van der Waals surface area contributed by atoms with Gasteiger partial charge in [-0.05, 0) is 36.5 Å². The van der Waals surface area contributed by atoms with Crippen LogP contribution in [0.1, 0.15) is 53.9 Å². The summed E-state index contributed by atoms with van der Waals surface area (Å²) in [4.78, 5) is 2.78. The van der Waals surface area contributed by atoms with Crippen molar-refractivity contribution in [2.45, 2.75) is 66.0 Å². The van der Waals surface area contributed by atoms with Crippen molar-refractivity contribution in [3.05, 3.63) is 0 Å². The fraction of sp³-hybridized carbons (Fsp3) is 1.00. The Bertz CT molecular complexity index is 272. The molecule has 2 nitrogen and oxygen atoms in total. The molecule has 0 amide bonds. The molecule has 0 aromatic heterocycles. The van der Waals surface area contributed by atoms with Crippen LogP contribution in [0.5, 0.6) is 0 Å². The van der Waals surface area contributed by atoms with Crippen LogP contribution in [0.3, 0.4) is 0 Å². The van der Waals surface area contributed by atoms with Crippen LogP contribution < -0.4 is 5.32 Å². The van der Waals surface area contributed by atoms with E-state index in [0.717, 1.165) is 23.9 Å². The largest absolute Gasteiger partial charge is 0.311 e. The number of nitrogens with zero attached hydrogens (tertiary/aromatic N) is 1. The highest BCUT2D eigenvalue weighted by atomic mass is 15.2. The molecule has 3 atom stereocenters. The average Bonchev–Trinajstić information content (AvgIpc) is 2.85. The van der Waals surface area contributed by atoms with E-state index in [-0.39, 0.29) is 0 Å². The molecule has 0 aromatic rings. The van der Waals surface area contributed by atoms with Gasteiger partial charge in [0, 0.05) is 31.7 Å². The molecule has 1 heterocycles. The maximum absolute atomic E-state index is 3.75. The summed E-state index contributed by atoms with van der Waals surface area (Å²) in [7, 11) is 0. The lowest BCUT2D eigenvalue weighted by molar-refractivity contribution is 0.109. The third-order valence-electron chi connectivity index (χ3n) is 5.01. The lowest BCUT2D eigenvalue weighted by Gasteiger charge is -2.41. The predicted octanol–water partition coefficient (Wildman–Crippen LogP) is 3.13. The van der Waals surface area contributed by atoms with Gasteiger partial charge in [-0.25, -0.2) is 0 Å². The summed E-state index contributed by atoms with van der Waals surface area (Å²) in [5, 5.41) is 3.75. The quantitative estimate of drug-likeness (QED) is 0.809. The van der Waals surface area contributed by atoms with Gasteiger partial charge in [-0.1, -0.05) is 34.6 Å². The van der Waals surface area contributed by atoms with E-state index in [4.69, 9.17) is 0 Å². The van der Waals surface area contributed by atoms with Crippen LogP contribution >= 0.6 is 0 Å². The Morgan fingerprint density at radius 1 is 1.33 bits per heavy atom. The first-order chi connectivity index (χ1) is 8.42. The number of hydrogen-bond donors (Lipinski definition) is 1. The summed E-state index contributed by atoms with van der Waals surface area (Å²) in [6.45, 7) is 15.6. The van der Waals surface area contributed by atoms with Gasteiger partial charge in [-0.2, -0.15) is 0 Å². The topological polar surface area (TPSA) is 15.3 Å². The molecule has 1 saturated carbocycles. The Hall–Kier alpha value is -0.0800. The molecule has 0 bridgehead atoms. The molecule has 18 heavy (non-hydrogen) atoms. The number of hydrogen-bond acceptors (Lipinski definition) is 2. The molecule has 0 aromatic carbocycles. The van der Waals surface area contributed by atoms with Crippen molar-refractivity contribution in [1.29, 1.82) is 0 Å².